The van der Waals surface area contributed by atoms with Crippen LogP contribution in [0.3, 0.4) is 0 Å². The van der Waals surface area contributed by atoms with E-state index in [1.807, 2.05) is 61.5 Å². The first kappa shape index (κ1) is 30.7. The third kappa shape index (κ3) is 6.59. The summed E-state index contributed by atoms with van der Waals surface area (Å²) in [7, 11) is 1.53. The van der Waals surface area contributed by atoms with Crippen LogP contribution in [0.4, 0.5) is 33.2 Å². The zero-order valence-electron chi connectivity index (χ0n) is 24.2. The van der Waals surface area contributed by atoms with Crippen LogP contribution < -0.4 is 25.6 Å². The van der Waals surface area contributed by atoms with Crippen LogP contribution in [0.1, 0.15) is 15.9 Å². The molecule has 0 radical (unpaired) electrons. The van der Waals surface area contributed by atoms with Gasteiger partial charge in [-0.1, -0.05) is 30.3 Å². The van der Waals surface area contributed by atoms with Crippen LogP contribution in [0.5, 0.6) is 5.75 Å². The molecule has 0 aliphatic heterocycles. The monoisotopic (exact) mass is 631 g/mol. The molecule has 4 aromatic carbocycles. The number of aromatic nitrogens is 1. The number of para-hydroxylation sites is 2. The number of alkyl halides is 2. The number of ether oxygens (including phenoxy) is 1. The van der Waals surface area contributed by atoms with Crippen molar-refractivity contribution in [2.24, 2.45) is 0 Å². The van der Waals surface area contributed by atoms with E-state index in [9.17, 15) is 14.7 Å². The summed E-state index contributed by atoms with van der Waals surface area (Å²) in [6.07, 6.45) is 0. The number of fused-ring (bicyclic) bond motifs is 2. The number of anilines is 5. The molecule has 4 N–H and O–H groups in total. The number of rotatable bonds is 11. The minimum Gasteiger partial charge on any atom is -0.495 e. The lowest BCUT2D eigenvalue weighted by molar-refractivity contribution is 0.0699. The van der Waals surface area contributed by atoms with Gasteiger partial charge in [0.05, 0.1) is 35.1 Å². The van der Waals surface area contributed by atoms with Gasteiger partial charge in [-0.25, -0.2) is 14.6 Å². The van der Waals surface area contributed by atoms with Crippen LogP contribution in [0.25, 0.3) is 21.8 Å². The van der Waals surface area contributed by atoms with Gasteiger partial charge < -0.3 is 30.7 Å². The number of hydrogen-bond acceptors (Lipinski definition) is 6. The highest BCUT2D eigenvalue weighted by Gasteiger charge is 2.17. The average Bonchev–Trinajstić information content (AvgIpc) is 3.01. The van der Waals surface area contributed by atoms with Gasteiger partial charge in [-0.05, 0) is 61.0 Å². The van der Waals surface area contributed by atoms with E-state index in [4.69, 9.17) is 32.9 Å². The minimum atomic E-state index is -1.05. The van der Waals surface area contributed by atoms with Gasteiger partial charge in [0.15, 0.2) is 0 Å². The molecule has 2 amide bonds. The lowest BCUT2D eigenvalue weighted by Gasteiger charge is -2.23. The number of hydrogen-bond donors (Lipinski definition) is 4. The number of amides is 2. The van der Waals surface area contributed by atoms with E-state index in [0.29, 0.717) is 69.8 Å². The second-order valence-electron chi connectivity index (χ2n) is 10.00. The zero-order valence-corrected chi connectivity index (χ0v) is 25.7. The molecule has 0 fully saturated rings. The van der Waals surface area contributed by atoms with E-state index in [1.54, 1.807) is 24.3 Å². The standard InChI is InChI=1S/C33H31Cl2N5O4/c1-20-5-3-6-24-29(20)39-31-25(7-4-8-26(31)32(41)42)30(24)36-22-11-14-28(44-2)27(19-22)38-33(43)37-21-9-12-23(13-10-21)40(17-15-34)18-16-35/h3-14,19H,15-18H2,1-2H3,(H,36,39)(H,41,42)(H2,37,38,43). The highest BCUT2D eigenvalue weighted by molar-refractivity contribution is 6.18. The largest absolute Gasteiger partial charge is 0.495 e. The van der Waals surface area contributed by atoms with E-state index >= 15 is 0 Å². The van der Waals surface area contributed by atoms with Gasteiger partial charge in [0, 0.05) is 52.7 Å². The predicted molar refractivity (Wildman–Crippen MR) is 180 cm³/mol. The van der Waals surface area contributed by atoms with E-state index < -0.39 is 12.0 Å². The normalized spacial score (nSPS) is 10.9. The molecule has 5 aromatic rings. The Kier molecular flexibility index (Phi) is 9.57. The number of aryl methyl sites for hydroxylation is 1. The Labute approximate surface area is 264 Å². The molecule has 0 atom stereocenters. The average molecular weight is 633 g/mol. The second-order valence-corrected chi connectivity index (χ2v) is 10.8. The lowest BCUT2D eigenvalue weighted by atomic mass is 10.0. The number of halogens is 2. The number of carboxylic acids is 1. The molecule has 0 saturated carbocycles. The minimum absolute atomic E-state index is 0.114. The molecule has 5 rings (SSSR count). The topological polar surface area (TPSA) is 116 Å². The Morgan fingerprint density at radius 3 is 2.18 bits per heavy atom. The van der Waals surface area contributed by atoms with Crippen LogP contribution in [-0.4, -0.2) is 54.1 Å². The van der Waals surface area contributed by atoms with Crippen LogP contribution >= 0.6 is 23.2 Å². The Balaban J connectivity index is 1.43. The Morgan fingerprint density at radius 2 is 1.52 bits per heavy atom. The molecule has 0 aliphatic rings. The fourth-order valence-electron chi connectivity index (χ4n) is 5.08. The number of aromatic carboxylic acids is 1. The molecule has 1 aromatic heterocycles. The highest BCUT2D eigenvalue weighted by Crippen LogP contribution is 2.37. The van der Waals surface area contributed by atoms with Crippen LogP contribution in [0.2, 0.25) is 0 Å². The molecule has 0 unspecified atom stereocenters. The first-order chi connectivity index (χ1) is 21.3. The molecule has 0 saturated heterocycles. The number of carbonyl (C=O) groups excluding carboxylic acids is 1. The zero-order chi connectivity index (χ0) is 31.2. The number of carbonyl (C=O) groups is 2. The lowest BCUT2D eigenvalue weighted by Crippen LogP contribution is -2.27. The smallest absolute Gasteiger partial charge is 0.337 e. The van der Waals surface area contributed by atoms with Crippen molar-refractivity contribution in [2.45, 2.75) is 6.92 Å². The molecule has 226 valence electrons. The first-order valence-electron chi connectivity index (χ1n) is 13.9. The van der Waals surface area contributed by atoms with Crippen molar-refractivity contribution < 1.29 is 19.4 Å². The molecule has 9 nitrogen and oxygen atoms in total. The Hall–Kier alpha value is -4.73. The number of urea groups is 1. The molecular weight excluding hydrogens is 601 g/mol. The molecule has 11 heteroatoms. The quantitative estimate of drug-likeness (QED) is 0.0860. The fraction of sp³-hybridized carbons (Fsp3) is 0.182. The maximum Gasteiger partial charge on any atom is 0.337 e. The maximum absolute atomic E-state index is 13.0. The summed E-state index contributed by atoms with van der Waals surface area (Å²) < 4.78 is 5.52. The first-order valence-corrected chi connectivity index (χ1v) is 14.9. The molecule has 0 spiro atoms. The number of benzene rings is 4. The third-order valence-corrected chi connectivity index (χ3v) is 7.52. The number of methoxy groups -OCH3 is 1. The van der Waals surface area contributed by atoms with Crippen LogP contribution in [0.15, 0.2) is 78.9 Å². The van der Waals surface area contributed by atoms with Crippen LogP contribution in [-0.2, 0) is 0 Å². The van der Waals surface area contributed by atoms with Crippen molar-refractivity contribution in [3.63, 3.8) is 0 Å². The number of pyridine rings is 1. The van der Waals surface area contributed by atoms with Gasteiger partial charge in [0.1, 0.15) is 5.75 Å². The summed E-state index contributed by atoms with van der Waals surface area (Å²) in [5.41, 5.74) is 5.47. The Bertz CT molecular complexity index is 1830. The van der Waals surface area contributed by atoms with Crippen molar-refractivity contribution in [1.82, 2.24) is 4.98 Å². The van der Waals surface area contributed by atoms with E-state index in [1.165, 1.54) is 7.11 Å². The number of nitrogens with one attached hydrogen (secondary N) is 3. The van der Waals surface area contributed by atoms with Gasteiger partial charge in [0.25, 0.3) is 0 Å². The summed E-state index contributed by atoms with van der Waals surface area (Å²) in [6, 6.07) is 23.2. The van der Waals surface area contributed by atoms with E-state index in [0.717, 1.165) is 16.6 Å². The van der Waals surface area contributed by atoms with E-state index in [-0.39, 0.29) is 5.56 Å². The van der Waals surface area contributed by atoms with Crippen molar-refractivity contribution in [3.8, 4) is 5.75 Å². The van der Waals surface area contributed by atoms with E-state index in [2.05, 4.69) is 20.9 Å². The van der Waals surface area contributed by atoms with Crippen molar-refractivity contribution in [3.05, 3.63) is 90.0 Å². The van der Waals surface area contributed by atoms with Gasteiger partial charge in [-0.3, -0.25) is 0 Å². The predicted octanol–water partition coefficient (Wildman–Crippen LogP) is 8.07. The molecule has 0 aliphatic carbocycles. The molecule has 1 heterocycles. The SMILES string of the molecule is COc1ccc(Nc2c3cccc(C)c3nc3c(C(=O)O)cccc23)cc1NC(=O)Nc1ccc(N(CCCl)CCCl)cc1. The highest BCUT2D eigenvalue weighted by atomic mass is 35.5. The van der Waals surface area contributed by atoms with Gasteiger partial charge >= 0.3 is 12.0 Å². The van der Waals surface area contributed by atoms with Gasteiger partial charge in [-0.2, -0.15) is 0 Å². The summed E-state index contributed by atoms with van der Waals surface area (Å²) in [4.78, 5) is 31.9. The van der Waals surface area contributed by atoms with Crippen LogP contribution in [0, 0.1) is 6.92 Å². The number of carboxylic acid groups (broad SMARTS) is 1. The third-order valence-electron chi connectivity index (χ3n) is 7.18. The molecule has 44 heavy (non-hydrogen) atoms. The van der Waals surface area contributed by atoms with Gasteiger partial charge in [0.2, 0.25) is 0 Å². The number of nitrogens with zero attached hydrogens (tertiary/aromatic N) is 2. The van der Waals surface area contributed by atoms with Crippen molar-refractivity contribution in [2.75, 3.05) is 52.8 Å². The Morgan fingerprint density at radius 1 is 0.864 bits per heavy atom. The summed E-state index contributed by atoms with van der Waals surface area (Å²) in [5, 5.41) is 20.5. The summed E-state index contributed by atoms with van der Waals surface area (Å²) in [5.74, 6) is 0.367. The van der Waals surface area contributed by atoms with Gasteiger partial charge in [-0.15, -0.1) is 23.2 Å². The molecule has 0 bridgehead atoms. The van der Waals surface area contributed by atoms with Crippen molar-refractivity contribution in [1.29, 1.82) is 0 Å². The maximum atomic E-state index is 13.0. The summed E-state index contributed by atoms with van der Waals surface area (Å²) in [6.45, 7) is 3.26. The van der Waals surface area contributed by atoms with Crippen molar-refractivity contribution >= 4 is 85.4 Å². The summed E-state index contributed by atoms with van der Waals surface area (Å²) >= 11 is 11.9. The fourth-order valence-corrected chi connectivity index (χ4v) is 5.49. The second kappa shape index (κ2) is 13.7. The molecular formula is C33H31Cl2N5O4.